The van der Waals surface area contributed by atoms with Gasteiger partial charge in [-0.2, -0.15) is 0 Å². The highest BCUT2D eigenvalue weighted by Gasteiger charge is 2.31. The molecule has 0 aliphatic carbocycles. The van der Waals surface area contributed by atoms with Crippen LogP contribution in [0.15, 0.2) is 0 Å². The van der Waals surface area contributed by atoms with Crippen molar-refractivity contribution in [2.24, 2.45) is 5.73 Å². The van der Waals surface area contributed by atoms with E-state index in [1.807, 2.05) is 0 Å². The minimum atomic E-state index is -0.490. The van der Waals surface area contributed by atoms with Gasteiger partial charge in [0.05, 0.1) is 6.04 Å². The third-order valence-electron chi connectivity index (χ3n) is 2.93. The van der Waals surface area contributed by atoms with E-state index in [9.17, 15) is 0 Å². The van der Waals surface area contributed by atoms with E-state index in [-0.39, 0.29) is 17.0 Å². The number of nitrogens with one attached hydrogen (secondary N) is 3. The van der Waals surface area contributed by atoms with E-state index in [4.69, 9.17) is 5.73 Å². The zero-order chi connectivity index (χ0) is 13.1. The molecule has 0 bridgehead atoms. The van der Waals surface area contributed by atoms with Gasteiger partial charge < -0.3 is 5.32 Å². The summed E-state index contributed by atoms with van der Waals surface area (Å²) in [4.78, 5) is 0. The Morgan fingerprint density at radius 3 is 1.67 bits per heavy atom. The smallest absolute Gasteiger partial charge is 0.136 e. The molecule has 0 aliphatic rings. The summed E-state index contributed by atoms with van der Waals surface area (Å²) in [6, 6.07) is 0.264. The standard InChI is InChI=1S/C13H32N4.H4Si/c1-5-9-15-12(8-4)13(14,16-10-6-2)17-11-7-3;/h12,15-17H,5-11,14H2,1-4H3;1H4. The summed E-state index contributed by atoms with van der Waals surface area (Å²) in [7, 11) is 0. The molecule has 5 heteroatoms. The predicted octanol–water partition coefficient (Wildman–Crippen LogP) is -0.0753. The van der Waals surface area contributed by atoms with E-state index < -0.39 is 5.79 Å². The minimum Gasteiger partial charge on any atom is -0.310 e. The number of hydrogen-bond acceptors (Lipinski definition) is 4. The second-order valence-corrected chi connectivity index (χ2v) is 4.64. The zero-order valence-corrected chi connectivity index (χ0v) is 12.1. The van der Waals surface area contributed by atoms with Gasteiger partial charge in [-0.05, 0) is 56.3 Å². The van der Waals surface area contributed by atoms with Gasteiger partial charge >= 0.3 is 0 Å². The average molecular weight is 277 g/mol. The monoisotopic (exact) mass is 276 g/mol. The summed E-state index contributed by atoms with van der Waals surface area (Å²) in [5.41, 5.74) is 6.48. The first-order chi connectivity index (χ1) is 8.14. The predicted molar refractivity (Wildman–Crippen MR) is 87.2 cm³/mol. The third-order valence-corrected chi connectivity index (χ3v) is 2.93. The maximum absolute atomic E-state index is 6.48. The fourth-order valence-corrected chi connectivity index (χ4v) is 1.92. The van der Waals surface area contributed by atoms with Gasteiger partial charge in [0.2, 0.25) is 0 Å². The Balaban J connectivity index is 0. The van der Waals surface area contributed by atoms with E-state index in [0.29, 0.717) is 0 Å². The van der Waals surface area contributed by atoms with E-state index >= 15 is 0 Å². The van der Waals surface area contributed by atoms with Crippen molar-refractivity contribution in [3.8, 4) is 0 Å². The second kappa shape index (κ2) is 12.1. The normalized spacial score (nSPS) is 13.2. The Morgan fingerprint density at radius 1 is 0.889 bits per heavy atom. The average Bonchev–Trinajstić information content (AvgIpc) is 2.35. The van der Waals surface area contributed by atoms with Crippen molar-refractivity contribution in [2.45, 2.75) is 65.2 Å². The van der Waals surface area contributed by atoms with Crippen LogP contribution in [0.25, 0.3) is 0 Å². The van der Waals surface area contributed by atoms with Crippen molar-refractivity contribution in [3.63, 3.8) is 0 Å². The second-order valence-electron chi connectivity index (χ2n) is 4.64. The summed E-state index contributed by atoms with van der Waals surface area (Å²) in [6.45, 7) is 11.6. The zero-order valence-electron chi connectivity index (χ0n) is 12.1. The third kappa shape index (κ3) is 7.48. The van der Waals surface area contributed by atoms with Gasteiger partial charge in [-0.1, -0.05) is 27.7 Å². The van der Waals surface area contributed by atoms with Crippen LogP contribution in [0.5, 0.6) is 0 Å². The SMILES string of the molecule is CCCNC(CC)C(N)(NCCC)NCCC.[SiH4]. The van der Waals surface area contributed by atoms with Crippen LogP contribution in [0.2, 0.25) is 0 Å². The molecule has 0 aromatic carbocycles. The molecule has 1 unspecified atom stereocenters. The number of nitrogens with two attached hydrogens (primary N) is 1. The Hall–Kier alpha value is 0.0569. The van der Waals surface area contributed by atoms with Crippen molar-refractivity contribution >= 4 is 11.0 Å². The summed E-state index contributed by atoms with van der Waals surface area (Å²) < 4.78 is 0. The van der Waals surface area contributed by atoms with Crippen LogP contribution in [0.3, 0.4) is 0 Å². The largest absolute Gasteiger partial charge is 0.310 e. The summed E-state index contributed by atoms with van der Waals surface area (Å²) in [6.07, 6.45) is 4.34. The maximum atomic E-state index is 6.48. The lowest BCUT2D eigenvalue weighted by Crippen LogP contribution is -2.74. The van der Waals surface area contributed by atoms with Crippen molar-refractivity contribution in [2.75, 3.05) is 19.6 Å². The van der Waals surface area contributed by atoms with Gasteiger partial charge in [-0.25, -0.2) is 0 Å². The van der Waals surface area contributed by atoms with Crippen molar-refractivity contribution in [3.05, 3.63) is 0 Å². The van der Waals surface area contributed by atoms with Crippen LogP contribution in [0.4, 0.5) is 0 Å². The fourth-order valence-electron chi connectivity index (χ4n) is 1.92. The van der Waals surface area contributed by atoms with E-state index in [2.05, 4.69) is 43.6 Å². The molecule has 0 aromatic heterocycles. The Bertz CT molecular complexity index is 170. The molecule has 5 N–H and O–H groups in total. The number of rotatable bonds is 11. The van der Waals surface area contributed by atoms with Crippen LogP contribution in [-0.2, 0) is 0 Å². The van der Waals surface area contributed by atoms with Crippen molar-refractivity contribution in [1.29, 1.82) is 0 Å². The van der Waals surface area contributed by atoms with Gasteiger partial charge in [0, 0.05) is 0 Å². The molecule has 0 aliphatic heterocycles. The Labute approximate surface area is 118 Å². The summed E-state index contributed by atoms with van der Waals surface area (Å²) in [5.74, 6) is -0.490. The van der Waals surface area contributed by atoms with Crippen molar-refractivity contribution in [1.82, 2.24) is 16.0 Å². The molecule has 4 nitrogen and oxygen atoms in total. The van der Waals surface area contributed by atoms with E-state index in [1.54, 1.807) is 0 Å². The maximum Gasteiger partial charge on any atom is 0.136 e. The molecule has 1 atom stereocenters. The molecular formula is C13H36N4Si. The minimum absolute atomic E-state index is 0. The molecule has 112 valence electrons. The highest BCUT2D eigenvalue weighted by atomic mass is 28.1. The fraction of sp³-hybridized carbons (Fsp3) is 1.00. The first-order valence-electron chi connectivity index (χ1n) is 7.16. The van der Waals surface area contributed by atoms with Crippen LogP contribution in [0.1, 0.15) is 53.4 Å². The Morgan fingerprint density at radius 2 is 1.33 bits per heavy atom. The van der Waals surface area contributed by atoms with Gasteiger partial charge in [-0.3, -0.25) is 16.4 Å². The lowest BCUT2D eigenvalue weighted by Gasteiger charge is -2.39. The van der Waals surface area contributed by atoms with E-state index in [1.165, 1.54) is 0 Å². The highest BCUT2D eigenvalue weighted by Crippen LogP contribution is 2.05. The first-order valence-corrected chi connectivity index (χ1v) is 7.16. The number of hydrogen-bond donors (Lipinski definition) is 4. The van der Waals surface area contributed by atoms with Crippen LogP contribution in [-0.4, -0.2) is 42.4 Å². The summed E-state index contributed by atoms with van der Waals surface area (Å²) in [5, 5.41) is 10.4. The van der Waals surface area contributed by atoms with Crippen molar-refractivity contribution < 1.29 is 0 Å². The van der Waals surface area contributed by atoms with E-state index in [0.717, 1.165) is 45.3 Å². The van der Waals surface area contributed by atoms with Crippen LogP contribution < -0.4 is 21.7 Å². The first kappa shape index (κ1) is 20.4. The molecule has 0 saturated carbocycles. The van der Waals surface area contributed by atoms with Crippen LogP contribution in [0, 0.1) is 0 Å². The quantitative estimate of drug-likeness (QED) is 0.315. The molecule has 0 heterocycles. The molecule has 0 rings (SSSR count). The van der Waals surface area contributed by atoms with Gasteiger partial charge in [0.15, 0.2) is 0 Å². The Kier molecular flexibility index (Phi) is 13.7. The molecule has 0 spiro atoms. The van der Waals surface area contributed by atoms with Gasteiger partial charge in [0.1, 0.15) is 5.79 Å². The lowest BCUT2D eigenvalue weighted by molar-refractivity contribution is 0.183. The molecule has 0 fully saturated rings. The van der Waals surface area contributed by atoms with Crippen LogP contribution >= 0.6 is 0 Å². The molecule has 18 heavy (non-hydrogen) atoms. The molecule has 0 amide bonds. The topological polar surface area (TPSA) is 62.1 Å². The molecular weight excluding hydrogens is 240 g/mol. The van der Waals surface area contributed by atoms with Gasteiger partial charge in [0.25, 0.3) is 0 Å². The summed E-state index contributed by atoms with van der Waals surface area (Å²) >= 11 is 0. The highest BCUT2D eigenvalue weighted by molar-refractivity contribution is 5.75. The molecule has 0 radical (unpaired) electrons. The lowest BCUT2D eigenvalue weighted by atomic mass is 10.1. The molecule has 0 saturated heterocycles. The van der Waals surface area contributed by atoms with Gasteiger partial charge in [-0.15, -0.1) is 0 Å². The molecule has 0 aromatic rings.